The zero-order valence-corrected chi connectivity index (χ0v) is 23.9. The summed E-state index contributed by atoms with van der Waals surface area (Å²) in [7, 11) is 0. The van der Waals surface area contributed by atoms with Gasteiger partial charge in [0.25, 0.3) is 5.91 Å². The van der Waals surface area contributed by atoms with Crippen molar-refractivity contribution in [3.63, 3.8) is 0 Å². The van der Waals surface area contributed by atoms with Crippen molar-refractivity contribution in [1.82, 2.24) is 10.2 Å². The number of amides is 2. The molecule has 1 fully saturated rings. The molecule has 1 saturated carbocycles. The number of hydrogen-bond donors (Lipinski definition) is 1. The van der Waals surface area contributed by atoms with Gasteiger partial charge in [0.05, 0.1) is 4.47 Å². The molecule has 0 heterocycles. The maximum atomic E-state index is 13.8. The lowest BCUT2D eigenvalue weighted by molar-refractivity contribution is -0.143. The van der Waals surface area contributed by atoms with Crippen molar-refractivity contribution in [3.05, 3.63) is 99.5 Å². The standard InChI is InChI=1S/C32H37BrN2O3/c1-3-24-16-17-30(28(33)19-24)38-22-31(36)35(21-26-13-9-10-23(2)18-26)29(20-25-11-5-4-6-12-25)32(37)34-27-14-7-8-15-27/h4-6,9-13,16-19,27,29H,3,7-8,14-15,20-22H2,1-2H3,(H,34,37)/t29-/m1/s1. The highest BCUT2D eigenvalue weighted by atomic mass is 79.9. The quantitative estimate of drug-likeness (QED) is 0.287. The minimum absolute atomic E-state index is 0.102. The molecule has 0 aliphatic heterocycles. The van der Waals surface area contributed by atoms with Crippen LogP contribution in [0.1, 0.15) is 54.9 Å². The fourth-order valence-electron chi connectivity index (χ4n) is 5.03. The Hall–Kier alpha value is -3.12. The average molecular weight is 578 g/mol. The van der Waals surface area contributed by atoms with Crippen LogP contribution in [0.25, 0.3) is 0 Å². The van der Waals surface area contributed by atoms with E-state index in [-0.39, 0.29) is 24.5 Å². The van der Waals surface area contributed by atoms with Gasteiger partial charge < -0.3 is 15.0 Å². The summed E-state index contributed by atoms with van der Waals surface area (Å²) in [6.07, 6.45) is 5.58. The first-order valence-electron chi connectivity index (χ1n) is 13.5. The van der Waals surface area contributed by atoms with Gasteiger partial charge in [-0.1, -0.05) is 86.0 Å². The largest absolute Gasteiger partial charge is 0.483 e. The highest BCUT2D eigenvalue weighted by molar-refractivity contribution is 9.10. The minimum Gasteiger partial charge on any atom is -0.483 e. The number of carbonyl (C=O) groups excluding carboxylic acids is 2. The molecule has 5 nitrogen and oxygen atoms in total. The summed E-state index contributed by atoms with van der Waals surface area (Å²) in [5.41, 5.74) is 4.29. The van der Waals surface area contributed by atoms with E-state index in [1.54, 1.807) is 4.90 Å². The van der Waals surface area contributed by atoms with E-state index in [0.717, 1.165) is 53.3 Å². The van der Waals surface area contributed by atoms with Gasteiger partial charge in [0.2, 0.25) is 5.91 Å². The zero-order valence-electron chi connectivity index (χ0n) is 22.3. The van der Waals surface area contributed by atoms with Crippen molar-refractivity contribution in [2.75, 3.05) is 6.61 Å². The summed E-state index contributed by atoms with van der Waals surface area (Å²) in [6.45, 7) is 4.30. The van der Waals surface area contributed by atoms with Crippen LogP contribution >= 0.6 is 15.9 Å². The molecule has 1 aliphatic rings. The van der Waals surface area contributed by atoms with E-state index in [1.165, 1.54) is 5.56 Å². The van der Waals surface area contributed by atoms with Crippen LogP contribution in [0.4, 0.5) is 0 Å². The molecule has 4 rings (SSSR count). The molecule has 38 heavy (non-hydrogen) atoms. The number of halogens is 1. The van der Waals surface area contributed by atoms with Gasteiger partial charge in [0.1, 0.15) is 11.8 Å². The third kappa shape index (κ3) is 7.70. The molecule has 200 valence electrons. The van der Waals surface area contributed by atoms with E-state index in [4.69, 9.17) is 4.74 Å². The number of aryl methyl sites for hydroxylation is 2. The number of hydrogen-bond acceptors (Lipinski definition) is 3. The highest BCUT2D eigenvalue weighted by Gasteiger charge is 2.32. The Morgan fingerprint density at radius 1 is 0.974 bits per heavy atom. The van der Waals surface area contributed by atoms with Crippen LogP contribution in [0.5, 0.6) is 5.75 Å². The Bertz CT molecular complexity index is 1220. The molecule has 0 aromatic heterocycles. The first kappa shape index (κ1) is 27.9. The van der Waals surface area contributed by atoms with Gasteiger partial charge in [-0.2, -0.15) is 0 Å². The predicted octanol–water partition coefficient (Wildman–Crippen LogP) is 6.40. The SMILES string of the molecule is CCc1ccc(OCC(=O)N(Cc2cccc(C)c2)[C@H](Cc2ccccc2)C(=O)NC2CCCC2)c(Br)c1. The summed E-state index contributed by atoms with van der Waals surface area (Å²) in [5, 5.41) is 3.25. The predicted molar refractivity (Wildman–Crippen MR) is 155 cm³/mol. The smallest absolute Gasteiger partial charge is 0.261 e. The average Bonchev–Trinajstić information content (AvgIpc) is 3.43. The Balaban J connectivity index is 1.61. The highest BCUT2D eigenvalue weighted by Crippen LogP contribution is 2.27. The molecule has 0 radical (unpaired) electrons. The third-order valence-corrected chi connectivity index (χ3v) is 7.78. The second-order valence-electron chi connectivity index (χ2n) is 10.1. The minimum atomic E-state index is -0.652. The number of nitrogens with one attached hydrogen (secondary N) is 1. The molecule has 3 aromatic carbocycles. The summed E-state index contributed by atoms with van der Waals surface area (Å²) in [5.74, 6) is 0.289. The first-order chi connectivity index (χ1) is 18.4. The third-order valence-electron chi connectivity index (χ3n) is 7.16. The Kier molecular flexibility index (Phi) is 9.99. The van der Waals surface area contributed by atoms with E-state index in [2.05, 4.69) is 34.2 Å². The van der Waals surface area contributed by atoms with Crippen molar-refractivity contribution >= 4 is 27.7 Å². The van der Waals surface area contributed by atoms with E-state index >= 15 is 0 Å². The normalized spacial score (nSPS) is 14.2. The van der Waals surface area contributed by atoms with Gasteiger partial charge in [-0.05, 0) is 70.9 Å². The van der Waals surface area contributed by atoms with Crippen molar-refractivity contribution in [2.45, 2.75) is 71.0 Å². The van der Waals surface area contributed by atoms with E-state index < -0.39 is 6.04 Å². The molecular formula is C32H37BrN2O3. The van der Waals surface area contributed by atoms with Crippen LogP contribution in [0, 0.1) is 6.92 Å². The molecule has 1 atom stereocenters. The number of benzene rings is 3. The lowest BCUT2D eigenvalue weighted by atomic mass is 10.0. The summed E-state index contributed by atoms with van der Waals surface area (Å²) in [6, 6.07) is 23.4. The number of rotatable bonds is 11. The molecule has 0 unspecified atom stereocenters. The molecule has 3 aromatic rings. The molecular weight excluding hydrogens is 540 g/mol. The first-order valence-corrected chi connectivity index (χ1v) is 14.3. The summed E-state index contributed by atoms with van der Waals surface area (Å²) in [4.78, 5) is 29.3. The summed E-state index contributed by atoms with van der Waals surface area (Å²) >= 11 is 3.57. The number of ether oxygens (including phenoxy) is 1. The second kappa shape index (κ2) is 13.6. The van der Waals surface area contributed by atoms with E-state index in [0.29, 0.717) is 18.7 Å². The number of carbonyl (C=O) groups is 2. The van der Waals surface area contributed by atoms with Crippen molar-refractivity contribution in [3.8, 4) is 5.75 Å². The number of nitrogens with zero attached hydrogens (tertiary/aromatic N) is 1. The molecule has 1 N–H and O–H groups in total. The van der Waals surface area contributed by atoms with Gasteiger partial charge in [0.15, 0.2) is 6.61 Å². The van der Waals surface area contributed by atoms with Crippen molar-refractivity contribution in [2.24, 2.45) is 0 Å². The van der Waals surface area contributed by atoms with E-state index in [9.17, 15) is 9.59 Å². The lowest BCUT2D eigenvalue weighted by Gasteiger charge is -2.32. The van der Waals surface area contributed by atoms with Gasteiger partial charge in [0, 0.05) is 19.0 Å². The maximum absolute atomic E-state index is 13.8. The van der Waals surface area contributed by atoms with Crippen molar-refractivity contribution in [1.29, 1.82) is 0 Å². The molecule has 2 amide bonds. The van der Waals surface area contributed by atoms with E-state index in [1.807, 2.05) is 73.7 Å². The fourth-order valence-corrected chi connectivity index (χ4v) is 5.57. The van der Waals surface area contributed by atoms with Crippen LogP contribution in [0.3, 0.4) is 0 Å². The summed E-state index contributed by atoms with van der Waals surface area (Å²) < 4.78 is 6.80. The Morgan fingerprint density at radius 2 is 1.71 bits per heavy atom. The molecule has 6 heteroatoms. The maximum Gasteiger partial charge on any atom is 0.261 e. The Labute approximate surface area is 234 Å². The van der Waals surface area contributed by atoms with Gasteiger partial charge in [-0.15, -0.1) is 0 Å². The van der Waals surface area contributed by atoms with Gasteiger partial charge >= 0.3 is 0 Å². The topological polar surface area (TPSA) is 58.6 Å². The van der Waals surface area contributed by atoms with Crippen LogP contribution < -0.4 is 10.1 Å². The molecule has 0 spiro atoms. The molecule has 0 bridgehead atoms. The van der Waals surface area contributed by atoms with Gasteiger partial charge in [-0.3, -0.25) is 9.59 Å². The monoisotopic (exact) mass is 576 g/mol. The van der Waals surface area contributed by atoms with Crippen LogP contribution in [0.2, 0.25) is 0 Å². The Morgan fingerprint density at radius 3 is 2.39 bits per heavy atom. The fraction of sp³-hybridized carbons (Fsp3) is 0.375. The van der Waals surface area contributed by atoms with Crippen molar-refractivity contribution < 1.29 is 14.3 Å². The van der Waals surface area contributed by atoms with Gasteiger partial charge in [-0.25, -0.2) is 0 Å². The van der Waals surface area contributed by atoms with Crippen LogP contribution in [-0.2, 0) is 29.0 Å². The van der Waals surface area contributed by atoms with Crippen LogP contribution in [0.15, 0.2) is 77.3 Å². The second-order valence-corrected chi connectivity index (χ2v) is 11.0. The molecule has 0 saturated heterocycles. The van der Waals surface area contributed by atoms with Crippen LogP contribution in [-0.4, -0.2) is 35.4 Å². The lowest BCUT2D eigenvalue weighted by Crippen LogP contribution is -2.53. The zero-order chi connectivity index (χ0) is 26.9. The molecule has 1 aliphatic carbocycles.